The van der Waals surface area contributed by atoms with E-state index in [1.54, 1.807) is 6.07 Å². The van der Waals surface area contributed by atoms with Crippen LogP contribution in [0.15, 0.2) is 18.3 Å². The molecule has 1 aromatic heterocycles. The molecule has 0 spiro atoms. The van der Waals surface area contributed by atoms with Gasteiger partial charge in [-0.1, -0.05) is 0 Å². The van der Waals surface area contributed by atoms with Crippen molar-refractivity contribution in [3.05, 3.63) is 24.0 Å². The molecule has 3 nitrogen and oxygen atoms in total. The lowest BCUT2D eigenvalue weighted by Crippen LogP contribution is -2.15. The van der Waals surface area contributed by atoms with E-state index in [0.29, 0.717) is 0 Å². The van der Waals surface area contributed by atoms with Crippen molar-refractivity contribution in [2.24, 2.45) is 0 Å². The predicted molar refractivity (Wildman–Crippen MR) is 60.3 cm³/mol. The molecule has 0 saturated heterocycles. The molecule has 80 valence electrons. The van der Waals surface area contributed by atoms with E-state index in [0.717, 1.165) is 38.0 Å². The summed E-state index contributed by atoms with van der Waals surface area (Å²) in [5, 5.41) is 12.3. The average Bonchev–Trinajstić information content (AvgIpc) is 2.26. The fourth-order valence-corrected chi connectivity index (χ4v) is 1.21. The summed E-state index contributed by atoms with van der Waals surface area (Å²) >= 11 is 0. The van der Waals surface area contributed by atoms with Crippen molar-refractivity contribution in [3.8, 4) is 18.1 Å². The highest BCUT2D eigenvalue weighted by atomic mass is 16.3. The average molecular weight is 204 g/mol. The van der Waals surface area contributed by atoms with Gasteiger partial charge in [-0.3, -0.25) is 4.98 Å². The van der Waals surface area contributed by atoms with Crippen molar-refractivity contribution < 1.29 is 5.11 Å². The Morgan fingerprint density at radius 2 is 2.27 bits per heavy atom. The van der Waals surface area contributed by atoms with Gasteiger partial charge in [-0.25, -0.2) is 0 Å². The molecule has 0 bridgehead atoms. The third-order valence-electron chi connectivity index (χ3n) is 2.04. The van der Waals surface area contributed by atoms with Crippen molar-refractivity contribution in [1.82, 2.24) is 10.3 Å². The lowest BCUT2D eigenvalue weighted by Gasteiger charge is -2.03. The molecule has 1 aromatic rings. The Bertz CT molecular complexity index is 313. The molecule has 0 aliphatic rings. The van der Waals surface area contributed by atoms with Crippen LogP contribution in [-0.2, 0) is 6.54 Å². The maximum absolute atomic E-state index is 9.02. The molecule has 0 amide bonds. The second kappa shape index (κ2) is 6.86. The summed E-state index contributed by atoms with van der Waals surface area (Å²) in [7, 11) is 0. The topological polar surface area (TPSA) is 45.1 Å². The fourth-order valence-electron chi connectivity index (χ4n) is 1.21. The number of aromatic nitrogens is 1. The summed E-state index contributed by atoms with van der Waals surface area (Å²) in [6, 6.07) is 3.45. The molecule has 0 fully saturated rings. The van der Waals surface area contributed by atoms with Crippen molar-refractivity contribution >= 4 is 0 Å². The minimum atomic E-state index is 0.202. The van der Waals surface area contributed by atoms with Crippen molar-refractivity contribution in [3.63, 3.8) is 0 Å². The summed E-state index contributed by atoms with van der Waals surface area (Å²) in [6.45, 7) is 1.68. The van der Waals surface area contributed by atoms with E-state index >= 15 is 0 Å². The second-order valence-corrected chi connectivity index (χ2v) is 3.35. The molecule has 0 radical (unpaired) electrons. The van der Waals surface area contributed by atoms with Gasteiger partial charge in [0.25, 0.3) is 0 Å². The van der Waals surface area contributed by atoms with Crippen LogP contribution in [0.5, 0.6) is 5.75 Å². The summed E-state index contributed by atoms with van der Waals surface area (Å²) < 4.78 is 0. The van der Waals surface area contributed by atoms with Crippen LogP contribution in [0.4, 0.5) is 0 Å². The van der Waals surface area contributed by atoms with Gasteiger partial charge in [0.2, 0.25) is 0 Å². The minimum Gasteiger partial charge on any atom is -0.506 e. The van der Waals surface area contributed by atoms with Gasteiger partial charge < -0.3 is 10.4 Å². The number of nitrogens with one attached hydrogen (secondary N) is 1. The molecule has 0 unspecified atom stereocenters. The van der Waals surface area contributed by atoms with Gasteiger partial charge in [-0.2, -0.15) is 0 Å². The van der Waals surface area contributed by atoms with E-state index in [9.17, 15) is 0 Å². The van der Waals surface area contributed by atoms with E-state index in [1.165, 1.54) is 6.20 Å². The summed E-state index contributed by atoms with van der Waals surface area (Å²) in [4.78, 5) is 4.07. The zero-order valence-corrected chi connectivity index (χ0v) is 8.74. The number of aromatic hydroxyl groups is 1. The number of unbranched alkanes of at least 4 members (excludes halogenated alkanes) is 2. The Kier molecular flexibility index (Phi) is 5.28. The van der Waals surface area contributed by atoms with Gasteiger partial charge in [-0.05, 0) is 31.5 Å². The number of hydrogen-bond donors (Lipinski definition) is 2. The molecule has 0 aliphatic carbocycles. The van der Waals surface area contributed by atoms with Crippen LogP contribution in [-0.4, -0.2) is 16.6 Å². The number of hydrogen-bond acceptors (Lipinski definition) is 3. The first-order valence-corrected chi connectivity index (χ1v) is 5.11. The second-order valence-electron chi connectivity index (χ2n) is 3.35. The molecule has 0 aromatic carbocycles. The molecular formula is C12H16N2O. The van der Waals surface area contributed by atoms with Crippen LogP contribution in [0, 0.1) is 12.3 Å². The maximum atomic E-state index is 9.02. The van der Waals surface area contributed by atoms with Crippen molar-refractivity contribution in [2.45, 2.75) is 25.8 Å². The molecule has 1 rings (SSSR count). The normalized spacial score (nSPS) is 9.80. The van der Waals surface area contributed by atoms with Crippen LogP contribution < -0.4 is 5.32 Å². The Hall–Kier alpha value is -1.53. The monoisotopic (exact) mass is 204 g/mol. The third kappa shape index (κ3) is 5.04. The molecule has 3 heteroatoms. The maximum Gasteiger partial charge on any atom is 0.133 e. The van der Waals surface area contributed by atoms with Gasteiger partial charge in [0.15, 0.2) is 0 Å². The van der Waals surface area contributed by atoms with E-state index in [2.05, 4.69) is 16.2 Å². The molecule has 1 heterocycles. The van der Waals surface area contributed by atoms with Crippen LogP contribution in [0.3, 0.4) is 0 Å². The van der Waals surface area contributed by atoms with Crippen LogP contribution >= 0.6 is 0 Å². The highest BCUT2D eigenvalue weighted by Gasteiger charge is 1.94. The van der Waals surface area contributed by atoms with Gasteiger partial charge in [0, 0.05) is 13.0 Å². The molecule has 15 heavy (non-hydrogen) atoms. The molecule has 0 aliphatic heterocycles. The van der Waals surface area contributed by atoms with E-state index < -0.39 is 0 Å². The Balaban J connectivity index is 2.10. The summed E-state index contributed by atoms with van der Waals surface area (Å²) in [6.07, 6.45) is 9.59. The first-order valence-electron chi connectivity index (χ1n) is 5.11. The van der Waals surface area contributed by atoms with Crippen LogP contribution in [0.25, 0.3) is 0 Å². The SMILES string of the molecule is C#CCCCCNCc1ccc(O)cn1. The lowest BCUT2D eigenvalue weighted by atomic mass is 10.2. The highest BCUT2D eigenvalue weighted by molar-refractivity contribution is 5.17. The quantitative estimate of drug-likeness (QED) is 0.547. The summed E-state index contributed by atoms with van der Waals surface area (Å²) in [5.74, 6) is 2.82. The predicted octanol–water partition coefficient (Wildman–Crippen LogP) is 1.68. The van der Waals surface area contributed by atoms with E-state index in [-0.39, 0.29) is 5.75 Å². The van der Waals surface area contributed by atoms with Crippen LogP contribution in [0.2, 0.25) is 0 Å². The van der Waals surface area contributed by atoms with Gasteiger partial charge in [0.1, 0.15) is 5.75 Å². The third-order valence-corrected chi connectivity index (χ3v) is 2.04. The van der Waals surface area contributed by atoms with Crippen molar-refractivity contribution in [1.29, 1.82) is 0 Å². The van der Waals surface area contributed by atoms with Gasteiger partial charge in [0.05, 0.1) is 11.9 Å². The zero-order chi connectivity index (χ0) is 10.9. The standard InChI is InChI=1S/C12H16N2O/c1-2-3-4-5-8-13-9-11-6-7-12(15)10-14-11/h1,6-7,10,13,15H,3-5,8-9H2. The molecule has 0 saturated carbocycles. The Morgan fingerprint density at radius 1 is 1.40 bits per heavy atom. The first-order chi connectivity index (χ1) is 7.33. The summed E-state index contributed by atoms with van der Waals surface area (Å²) in [5.41, 5.74) is 0.935. The van der Waals surface area contributed by atoms with Gasteiger partial charge in [-0.15, -0.1) is 12.3 Å². The molecule has 2 N–H and O–H groups in total. The largest absolute Gasteiger partial charge is 0.506 e. The zero-order valence-electron chi connectivity index (χ0n) is 8.74. The van der Waals surface area contributed by atoms with E-state index in [1.807, 2.05) is 6.07 Å². The number of pyridine rings is 1. The lowest BCUT2D eigenvalue weighted by molar-refractivity contribution is 0.471. The minimum absolute atomic E-state index is 0.202. The number of terminal acetylenes is 1. The smallest absolute Gasteiger partial charge is 0.133 e. The number of rotatable bonds is 6. The van der Waals surface area contributed by atoms with Gasteiger partial charge >= 0.3 is 0 Å². The molecule has 0 atom stereocenters. The fraction of sp³-hybridized carbons (Fsp3) is 0.417. The van der Waals surface area contributed by atoms with Crippen molar-refractivity contribution in [2.75, 3.05) is 6.54 Å². The number of nitrogens with zero attached hydrogens (tertiary/aromatic N) is 1. The van der Waals surface area contributed by atoms with E-state index in [4.69, 9.17) is 11.5 Å². The Labute approximate surface area is 90.5 Å². The first kappa shape index (κ1) is 11.5. The van der Waals surface area contributed by atoms with Crippen LogP contribution in [0.1, 0.15) is 25.0 Å². The molecular weight excluding hydrogens is 188 g/mol. The Morgan fingerprint density at radius 3 is 2.93 bits per heavy atom. The highest BCUT2D eigenvalue weighted by Crippen LogP contribution is 2.05.